The van der Waals surface area contributed by atoms with Crippen molar-refractivity contribution >= 4 is 20.0 Å². The zero-order valence-electron chi connectivity index (χ0n) is 13.7. The summed E-state index contributed by atoms with van der Waals surface area (Å²) in [5, 5.41) is 0. The summed E-state index contributed by atoms with van der Waals surface area (Å²) in [5.41, 5.74) is 0. The van der Waals surface area contributed by atoms with Gasteiger partial charge in [0.2, 0.25) is 20.0 Å². The molecule has 0 unspecified atom stereocenters. The predicted octanol–water partition coefficient (Wildman–Crippen LogP) is 1.51. The molecule has 3 rings (SSSR count). The quantitative estimate of drug-likeness (QED) is 0.759. The second-order valence-corrected chi connectivity index (χ2v) is 10.5. The molecule has 0 radical (unpaired) electrons. The first kappa shape index (κ1) is 17.8. The highest BCUT2D eigenvalue weighted by Gasteiger charge is 2.33. The molecule has 6 nitrogen and oxygen atoms in total. The number of benzene rings is 1. The van der Waals surface area contributed by atoms with Crippen molar-refractivity contribution in [1.82, 2.24) is 8.61 Å². The van der Waals surface area contributed by atoms with E-state index in [0.29, 0.717) is 5.92 Å². The van der Waals surface area contributed by atoms with Crippen molar-refractivity contribution in [2.75, 3.05) is 31.9 Å². The van der Waals surface area contributed by atoms with E-state index < -0.39 is 20.0 Å². The van der Waals surface area contributed by atoms with Crippen LogP contribution in [0.25, 0.3) is 0 Å². The zero-order valence-corrected chi connectivity index (χ0v) is 15.3. The van der Waals surface area contributed by atoms with Crippen molar-refractivity contribution in [3.63, 3.8) is 0 Å². The van der Waals surface area contributed by atoms with Crippen LogP contribution in [0, 0.1) is 5.92 Å². The summed E-state index contributed by atoms with van der Waals surface area (Å²) >= 11 is 0. The van der Waals surface area contributed by atoms with Gasteiger partial charge in [-0.3, -0.25) is 0 Å². The fourth-order valence-corrected chi connectivity index (χ4v) is 6.21. The molecule has 1 saturated heterocycles. The summed E-state index contributed by atoms with van der Waals surface area (Å²) in [4.78, 5) is 0.256. The van der Waals surface area contributed by atoms with E-state index in [9.17, 15) is 16.8 Å². The molecule has 0 amide bonds. The Morgan fingerprint density at radius 1 is 0.875 bits per heavy atom. The number of hydrogen-bond acceptors (Lipinski definition) is 4. The minimum atomic E-state index is -3.54. The first-order chi connectivity index (χ1) is 11.4. The van der Waals surface area contributed by atoms with E-state index >= 15 is 0 Å². The molecule has 2 fully saturated rings. The molecule has 0 N–H and O–H groups in total. The van der Waals surface area contributed by atoms with Gasteiger partial charge in [0.25, 0.3) is 0 Å². The standard InChI is InChI=1S/C16H24N2O4S2/c19-23(20,14-9-15-5-4-6-15)17-10-12-18(13-11-17)24(21,22)16-7-2-1-3-8-16/h1-3,7-8,15H,4-6,9-14H2. The van der Waals surface area contributed by atoms with Crippen LogP contribution in [0.1, 0.15) is 25.7 Å². The highest BCUT2D eigenvalue weighted by Crippen LogP contribution is 2.30. The minimum Gasteiger partial charge on any atom is -0.212 e. The Balaban J connectivity index is 1.59. The molecular formula is C16H24N2O4S2. The molecule has 24 heavy (non-hydrogen) atoms. The Labute approximate surface area is 144 Å². The Bertz CT molecular complexity index is 751. The van der Waals surface area contributed by atoms with Gasteiger partial charge in [-0.15, -0.1) is 0 Å². The molecule has 0 aromatic heterocycles. The average Bonchev–Trinajstić information content (AvgIpc) is 2.54. The molecule has 1 heterocycles. The molecule has 0 atom stereocenters. The lowest BCUT2D eigenvalue weighted by molar-refractivity contribution is 0.268. The summed E-state index contributed by atoms with van der Waals surface area (Å²) in [7, 11) is -6.82. The van der Waals surface area contributed by atoms with Crippen molar-refractivity contribution in [1.29, 1.82) is 0 Å². The molecule has 1 aliphatic heterocycles. The Morgan fingerprint density at radius 2 is 1.46 bits per heavy atom. The van der Waals surface area contributed by atoms with Gasteiger partial charge in [-0.2, -0.15) is 8.61 Å². The zero-order chi connectivity index (χ0) is 17.2. The molecule has 1 aromatic rings. The normalized spacial score (nSPS) is 21.5. The average molecular weight is 373 g/mol. The van der Waals surface area contributed by atoms with Crippen LogP contribution in [0.15, 0.2) is 35.2 Å². The lowest BCUT2D eigenvalue weighted by atomic mass is 9.84. The molecular weight excluding hydrogens is 348 g/mol. The number of nitrogens with zero attached hydrogens (tertiary/aromatic N) is 2. The van der Waals surface area contributed by atoms with E-state index in [2.05, 4.69) is 0 Å². The summed E-state index contributed by atoms with van der Waals surface area (Å²) in [6.45, 7) is 0.887. The van der Waals surface area contributed by atoms with Gasteiger partial charge in [-0.1, -0.05) is 37.5 Å². The molecule has 0 bridgehead atoms. The van der Waals surface area contributed by atoms with E-state index in [4.69, 9.17) is 0 Å². The largest absolute Gasteiger partial charge is 0.243 e. The van der Waals surface area contributed by atoms with Gasteiger partial charge in [0.05, 0.1) is 10.6 Å². The van der Waals surface area contributed by atoms with Crippen LogP contribution in [0.2, 0.25) is 0 Å². The van der Waals surface area contributed by atoms with Crippen molar-refractivity contribution in [2.24, 2.45) is 5.92 Å². The van der Waals surface area contributed by atoms with E-state index in [0.717, 1.165) is 19.3 Å². The molecule has 134 valence electrons. The summed E-state index contributed by atoms with van der Waals surface area (Å²) in [6, 6.07) is 8.28. The number of sulfonamides is 2. The lowest BCUT2D eigenvalue weighted by Gasteiger charge is -2.34. The number of piperazine rings is 1. The summed E-state index contributed by atoms with van der Waals surface area (Å²) < 4.78 is 52.8. The van der Waals surface area contributed by atoms with Crippen LogP contribution in [-0.4, -0.2) is 57.4 Å². The maximum absolute atomic E-state index is 12.6. The SMILES string of the molecule is O=S(=O)(CCC1CCC1)N1CCN(S(=O)(=O)c2ccccc2)CC1. The van der Waals surface area contributed by atoms with Gasteiger partial charge < -0.3 is 0 Å². The van der Waals surface area contributed by atoms with Crippen LogP contribution >= 0.6 is 0 Å². The predicted molar refractivity (Wildman–Crippen MR) is 92.5 cm³/mol. The first-order valence-electron chi connectivity index (χ1n) is 8.42. The van der Waals surface area contributed by atoms with Crippen molar-refractivity contribution in [2.45, 2.75) is 30.6 Å². The maximum atomic E-state index is 12.6. The van der Waals surface area contributed by atoms with Crippen LogP contribution < -0.4 is 0 Å². The molecule has 1 saturated carbocycles. The van der Waals surface area contributed by atoms with Crippen LogP contribution in [0.4, 0.5) is 0 Å². The third-order valence-corrected chi connectivity index (χ3v) is 8.80. The van der Waals surface area contributed by atoms with Gasteiger partial charge in [0.15, 0.2) is 0 Å². The Hall–Kier alpha value is -0.960. The van der Waals surface area contributed by atoms with E-state index in [1.54, 1.807) is 30.3 Å². The van der Waals surface area contributed by atoms with Crippen LogP contribution in [0.3, 0.4) is 0 Å². The molecule has 1 aliphatic carbocycles. The second-order valence-electron chi connectivity index (χ2n) is 6.52. The molecule has 1 aromatic carbocycles. The van der Waals surface area contributed by atoms with Gasteiger partial charge in [-0.05, 0) is 24.5 Å². The van der Waals surface area contributed by atoms with E-state index in [1.165, 1.54) is 15.0 Å². The first-order valence-corrected chi connectivity index (χ1v) is 11.5. The van der Waals surface area contributed by atoms with Gasteiger partial charge in [-0.25, -0.2) is 16.8 Å². The fraction of sp³-hybridized carbons (Fsp3) is 0.625. The smallest absolute Gasteiger partial charge is 0.212 e. The number of rotatable bonds is 6. The fourth-order valence-electron chi connectivity index (χ4n) is 3.16. The molecule has 0 spiro atoms. The molecule has 2 aliphatic rings. The van der Waals surface area contributed by atoms with Crippen molar-refractivity contribution in [3.05, 3.63) is 30.3 Å². The third-order valence-electron chi connectivity index (χ3n) is 4.98. The highest BCUT2D eigenvalue weighted by molar-refractivity contribution is 7.89. The van der Waals surface area contributed by atoms with Gasteiger partial charge in [0, 0.05) is 26.2 Å². The molecule has 8 heteroatoms. The van der Waals surface area contributed by atoms with Gasteiger partial charge >= 0.3 is 0 Å². The van der Waals surface area contributed by atoms with Crippen LogP contribution in [0.5, 0.6) is 0 Å². The third kappa shape index (κ3) is 3.82. The minimum absolute atomic E-state index is 0.184. The Morgan fingerprint density at radius 3 is 2.00 bits per heavy atom. The monoisotopic (exact) mass is 372 g/mol. The topological polar surface area (TPSA) is 74.8 Å². The number of hydrogen-bond donors (Lipinski definition) is 0. The van der Waals surface area contributed by atoms with Crippen LogP contribution in [-0.2, 0) is 20.0 Å². The lowest BCUT2D eigenvalue weighted by Crippen LogP contribution is -2.51. The van der Waals surface area contributed by atoms with Crippen molar-refractivity contribution < 1.29 is 16.8 Å². The van der Waals surface area contributed by atoms with E-state index in [-0.39, 0.29) is 36.8 Å². The van der Waals surface area contributed by atoms with Crippen molar-refractivity contribution in [3.8, 4) is 0 Å². The van der Waals surface area contributed by atoms with Gasteiger partial charge in [0.1, 0.15) is 0 Å². The maximum Gasteiger partial charge on any atom is 0.243 e. The Kier molecular flexibility index (Phi) is 5.29. The highest BCUT2D eigenvalue weighted by atomic mass is 32.2. The van der Waals surface area contributed by atoms with E-state index in [1.807, 2.05) is 0 Å². The second kappa shape index (κ2) is 7.11. The summed E-state index contributed by atoms with van der Waals surface area (Å²) in [6.07, 6.45) is 4.21. The summed E-state index contributed by atoms with van der Waals surface area (Å²) in [5.74, 6) is 0.739.